The molecule has 2 aromatic rings. The molecule has 4 rings (SSSR count). The van der Waals surface area contributed by atoms with Crippen molar-refractivity contribution in [3.63, 3.8) is 0 Å². The molecule has 0 bridgehead atoms. The van der Waals surface area contributed by atoms with Crippen LogP contribution in [0.1, 0.15) is 12.2 Å². The predicted molar refractivity (Wildman–Crippen MR) is 99.8 cm³/mol. The first-order valence-electron chi connectivity index (χ1n) is 8.58. The van der Waals surface area contributed by atoms with Crippen molar-refractivity contribution in [1.82, 2.24) is 4.90 Å². The molecule has 1 fully saturated rings. The lowest BCUT2D eigenvalue weighted by molar-refractivity contribution is -0.151. The minimum Gasteiger partial charge on any atom is -0.467 e. The zero-order valence-electron chi connectivity index (χ0n) is 14.7. The first kappa shape index (κ1) is 18.1. The number of likely N-dealkylation sites (tertiary alicyclic amines) is 1. The number of carbonyl (C=O) groups excluding carboxylic acids is 3. The van der Waals surface area contributed by atoms with Crippen molar-refractivity contribution in [3.05, 3.63) is 42.4 Å². The SMILES string of the molecule is O=C(COC(=O)[C@H]1CC(=O)N(Cc2ccco2)C1)Nc1cccc2c1N=S=N2. The minimum atomic E-state index is -0.596. The van der Waals surface area contributed by atoms with Gasteiger partial charge in [0.25, 0.3) is 5.91 Å². The molecule has 28 heavy (non-hydrogen) atoms. The lowest BCUT2D eigenvalue weighted by Gasteiger charge is -2.14. The summed E-state index contributed by atoms with van der Waals surface area (Å²) in [6.45, 7) is 0.112. The number of rotatable bonds is 6. The third-order valence-corrected chi connectivity index (χ3v) is 4.92. The van der Waals surface area contributed by atoms with Gasteiger partial charge in [0.15, 0.2) is 6.61 Å². The van der Waals surface area contributed by atoms with Gasteiger partial charge in [0.2, 0.25) is 5.91 Å². The second kappa shape index (κ2) is 7.77. The molecular weight excluding hydrogens is 384 g/mol. The molecule has 9 nitrogen and oxygen atoms in total. The van der Waals surface area contributed by atoms with Crippen LogP contribution in [0.2, 0.25) is 0 Å². The summed E-state index contributed by atoms with van der Waals surface area (Å²) in [5.41, 5.74) is 1.77. The molecule has 0 radical (unpaired) electrons. The van der Waals surface area contributed by atoms with E-state index in [0.29, 0.717) is 29.4 Å². The molecule has 0 aliphatic carbocycles. The van der Waals surface area contributed by atoms with Gasteiger partial charge >= 0.3 is 5.97 Å². The summed E-state index contributed by atoms with van der Waals surface area (Å²) >= 11 is 1.05. The van der Waals surface area contributed by atoms with E-state index in [9.17, 15) is 14.4 Å². The Kier molecular flexibility index (Phi) is 5.02. The van der Waals surface area contributed by atoms with Crippen LogP contribution in [0, 0.1) is 5.92 Å². The number of amides is 2. The van der Waals surface area contributed by atoms with Gasteiger partial charge in [-0.3, -0.25) is 14.4 Å². The second-order valence-corrected chi connectivity index (χ2v) is 6.88. The van der Waals surface area contributed by atoms with Crippen molar-refractivity contribution >= 4 is 46.2 Å². The molecule has 0 saturated carbocycles. The highest BCUT2D eigenvalue weighted by atomic mass is 32.1. The Bertz CT molecular complexity index is 997. The molecule has 10 heteroatoms. The Morgan fingerprint density at radius 2 is 2.18 bits per heavy atom. The summed E-state index contributed by atoms with van der Waals surface area (Å²) < 4.78 is 18.6. The van der Waals surface area contributed by atoms with Gasteiger partial charge in [-0.15, -0.1) is 0 Å². The minimum absolute atomic E-state index is 0.0605. The van der Waals surface area contributed by atoms with Gasteiger partial charge in [-0.1, -0.05) is 6.07 Å². The number of nitrogens with one attached hydrogen (secondary N) is 1. The number of anilines is 1. The molecule has 1 N–H and O–H groups in total. The van der Waals surface area contributed by atoms with Crippen LogP contribution in [-0.2, 0) is 37.0 Å². The largest absolute Gasteiger partial charge is 0.467 e. The maximum absolute atomic E-state index is 12.2. The highest BCUT2D eigenvalue weighted by molar-refractivity contribution is 7.58. The fraction of sp³-hybridized carbons (Fsp3) is 0.278. The number of esters is 1. The van der Waals surface area contributed by atoms with Crippen LogP contribution < -0.4 is 5.32 Å². The molecule has 3 heterocycles. The summed E-state index contributed by atoms with van der Waals surface area (Å²) in [6, 6.07) is 8.75. The first-order chi connectivity index (χ1) is 13.6. The zero-order valence-corrected chi connectivity index (χ0v) is 15.5. The van der Waals surface area contributed by atoms with Crippen molar-refractivity contribution < 1.29 is 23.5 Å². The summed E-state index contributed by atoms with van der Waals surface area (Å²) in [4.78, 5) is 38.0. The Morgan fingerprint density at radius 3 is 3.00 bits per heavy atom. The molecule has 0 spiro atoms. The Labute approximate surface area is 163 Å². The van der Waals surface area contributed by atoms with E-state index >= 15 is 0 Å². The summed E-state index contributed by atoms with van der Waals surface area (Å²) in [5, 5.41) is 2.66. The average molecular weight is 400 g/mol. The van der Waals surface area contributed by atoms with E-state index in [1.807, 2.05) is 0 Å². The number of carbonyl (C=O) groups is 3. The number of hydrogen-bond donors (Lipinski definition) is 1. The van der Waals surface area contributed by atoms with Crippen molar-refractivity contribution in [3.8, 4) is 0 Å². The smallest absolute Gasteiger partial charge is 0.311 e. The van der Waals surface area contributed by atoms with E-state index in [-0.39, 0.29) is 18.9 Å². The van der Waals surface area contributed by atoms with Crippen molar-refractivity contribution in [2.24, 2.45) is 14.6 Å². The van der Waals surface area contributed by atoms with Gasteiger partial charge in [0.1, 0.15) is 17.1 Å². The molecule has 1 atom stereocenters. The third kappa shape index (κ3) is 3.86. The Balaban J connectivity index is 1.28. The van der Waals surface area contributed by atoms with Crippen molar-refractivity contribution in [2.45, 2.75) is 13.0 Å². The molecule has 0 unspecified atom stereocenters. The summed E-state index contributed by atoms with van der Waals surface area (Å²) in [7, 11) is 0. The van der Waals surface area contributed by atoms with E-state index in [0.717, 1.165) is 11.4 Å². The molecule has 2 amide bonds. The quantitative estimate of drug-likeness (QED) is 0.639. The maximum atomic E-state index is 12.2. The average Bonchev–Trinajstić information content (AvgIpc) is 3.42. The highest BCUT2D eigenvalue weighted by Gasteiger charge is 2.35. The van der Waals surface area contributed by atoms with Gasteiger partial charge < -0.3 is 19.4 Å². The molecule has 1 aromatic heterocycles. The number of nitrogens with zero attached hydrogens (tertiary/aromatic N) is 3. The van der Waals surface area contributed by atoms with E-state index < -0.39 is 24.4 Å². The van der Waals surface area contributed by atoms with Crippen molar-refractivity contribution in [2.75, 3.05) is 18.5 Å². The Morgan fingerprint density at radius 1 is 1.29 bits per heavy atom. The lowest BCUT2D eigenvalue weighted by Crippen LogP contribution is -2.28. The number of hydrogen-bond acceptors (Lipinski definition) is 7. The standard InChI is InChI=1S/C18H16N4O5S/c23-15(19-13-4-1-5-14-17(13)21-28-20-14)10-27-18(25)11-7-16(24)22(8-11)9-12-3-2-6-26-12/h1-6,11H,7-10H2,(H,19,23)/t11-/m0/s1. The first-order valence-corrected chi connectivity index (χ1v) is 9.31. The third-order valence-electron chi connectivity index (χ3n) is 4.38. The summed E-state index contributed by atoms with van der Waals surface area (Å²) in [6.07, 6.45) is 1.59. The fourth-order valence-electron chi connectivity index (χ4n) is 3.02. The number of fused-ring (bicyclic) bond motifs is 1. The van der Waals surface area contributed by atoms with Crippen molar-refractivity contribution in [1.29, 1.82) is 0 Å². The van der Waals surface area contributed by atoms with Crippen LogP contribution in [0.25, 0.3) is 0 Å². The normalized spacial score (nSPS) is 17.4. The van der Waals surface area contributed by atoms with Crippen LogP contribution in [0.4, 0.5) is 17.1 Å². The van der Waals surface area contributed by atoms with E-state index in [4.69, 9.17) is 9.15 Å². The van der Waals surface area contributed by atoms with Gasteiger partial charge in [0.05, 0.1) is 35.8 Å². The lowest BCUT2D eigenvalue weighted by atomic mass is 10.1. The van der Waals surface area contributed by atoms with E-state index in [2.05, 4.69) is 14.0 Å². The monoisotopic (exact) mass is 400 g/mol. The highest BCUT2D eigenvalue weighted by Crippen LogP contribution is 2.38. The zero-order chi connectivity index (χ0) is 19.5. The molecule has 1 aromatic carbocycles. The van der Waals surface area contributed by atoms with Gasteiger partial charge in [-0.25, -0.2) is 0 Å². The Hall–Kier alpha value is -3.27. The summed E-state index contributed by atoms with van der Waals surface area (Å²) in [5.74, 6) is -1.15. The molecule has 1 saturated heterocycles. The van der Waals surface area contributed by atoms with Crippen LogP contribution in [0.5, 0.6) is 0 Å². The predicted octanol–water partition coefficient (Wildman–Crippen LogP) is 2.54. The van der Waals surface area contributed by atoms with E-state index in [1.54, 1.807) is 35.2 Å². The molecule has 144 valence electrons. The van der Waals surface area contributed by atoms with Gasteiger partial charge in [-0.2, -0.15) is 8.73 Å². The van der Waals surface area contributed by atoms with Crippen LogP contribution >= 0.6 is 0 Å². The number of furan rings is 1. The topological polar surface area (TPSA) is 114 Å². The molecule has 2 aliphatic rings. The van der Waals surface area contributed by atoms with Gasteiger partial charge in [-0.05, 0) is 24.3 Å². The fourth-order valence-corrected chi connectivity index (χ4v) is 3.57. The van der Waals surface area contributed by atoms with Crippen LogP contribution in [0.15, 0.2) is 49.7 Å². The number of benzene rings is 1. The molecule has 2 aliphatic heterocycles. The second-order valence-electron chi connectivity index (χ2n) is 6.35. The van der Waals surface area contributed by atoms with E-state index in [1.165, 1.54) is 6.26 Å². The molecular formula is C18H16N4O5S. The van der Waals surface area contributed by atoms with Crippen LogP contribution in [-0.4, -0.2) is 35.8 Å². The number of ether oxygens (including phenoxy) is 1. The maximum Gasteiger partial charge on any atom is 0.311 e. The van der Waals surface area contributed by atoms with Gasteiger partial charge in [0, 0.05) is 13.0 Å². The van der Waals surface area contributed by atoms with Crippen LogP contribution in [0.3, 0.4) is 0 Å².